The highest BCUT2D eigenvalue weighted by Gasteiger charge is 2.37. The van der Waals surface area contributed by atoms with E-state index in [1.165, 1.54) is 37.3 Å². The van der Waals surface area contributed by atoms with Crippen LogP contribution in [0.1, 0.15) is 23.1 Å². The van der Waals surface area contributed by atoms with E-state index in [2.05, 4.69) is 15.3 Å². The van der Waals surface area contributed by atoms with E-state index in [4.69, 9.17) is 16.3 Å². The molecule has 0 N–H and O–H groups in total. The predicted octanol–water partition coefficient (Wildman–Crippen LogP) is 3.79. The zero-order chi connectivity index (χ0) is 17.5. The molecule has 0 spiro atoms. The lowest BCUT2D eigenvalue weighted by atomic mass is 10.1. The Bertz CT molecular complexity index is 939. The molecule has 2 aromatic heterocycles. The summed E-state index contributed by atoms with van der Waals surface area (Å²) in [5.41, 5.74) is 0.307. The number of hydrogen-bond donors (Lipinski definition) is 0. The molecule has 0 unspecified atom stereocenters. The van der Waals surface area contributed by atoms with E-state index in [0.717, 1.165) is 0 Å². The summed E-state index contributed by atoms with van der Waals surface area (Å²) in [4.78, 5) is 11.3. The average molecular weight is 357 g/mol. The molecule has 3 rings (SSSR count). The number of aromatic nitrogens is 4. The molecule has 0 bridgehead atoms. The van der Waals surface area contributed by atoms with Crippen LogP contribution < -0.4 is 4.74 Å². The molecule has 0 atom stereocenters. The van der Waals surface area contributed by atoms with Gasteiger partial charge in [0.2, 0.25) is 5.88 Å². The predicted molar refractivity (Wildman–Crippen MR) is 77.3 cm³/mol. The summed E-state index contributed by atoms with van der Waals surface area (Å²) >= 11 is 6.01. The molecule has 0 radical (unpaired) electrons. The van der Waals surface area contributed by atoms with Crippen LogP contribution in [-0.2, 0) is 6.18 Å². The highest BCUT2D eigenvalue weighted by Crippen LogP contribution is 2.31. The second-order valence-electron chi connectivity index (χ2n) is 4.77. The zero-order valence-corrected chi connectivity index (χ0v) is 12.8. The van der Waals surface area contributed by atoms with E-state index in [-0.39, 0.29) is 28.1 Å². The second kappa shape index (κ2) is 5.75. The van der Waals surface area contributed by atoms with Crippen molar-refractivity contribution in [2.75, 3.05) is 0 Å². The molecular weight excluding hydrogens is 349 g/mol. The van der Waals surface area contributed by atoms with Gasteiger partial charge in [0, 0.05) is 11.6 Å². The molecule has 6 nitrogen and oxygen atoms in total. The minimum absolute atomic E-state index is 0.0762. The van der Waals surface area contributed by atoms with Gasteiger partial charge in [-0.3, -0.25) is 4.79 Å². The third kappa shape index (κ3) is 3.02. The van der Waals surface area contributed by atoms with Crippen molar-refractivity contribution in [2.24, 2.45) is 0 Å². The molecule has 2 heterocycles. The maximum absolute atomic E-state index is 12.8. The van der Waals surface area contributed by atoms with Gasteiger partial charge in [0.15, 0.2) is 11.4 Å². The lowest BCUT2D eigenvalue weighted by Crippen LogP contribution is -2.12. The van der Waals surface area contributed by atoms with Crippen LogP contribution in [0.4, 0.5) is 13.2 Å². The van der Waals surface area contributed by atoms with Gasteiger partial charge in [-0.05, 0) is 31.2 Å². The summed E-state index contributed by atoms with van der Waals surface area (Å²) in [6, 6.07) is 6.93. The monoisotopic (exact) mass is 356 g/mol. The number of alkyl halides is 3. The molecule has 124 valence electrons. The lowest BCUT2D eigenvalue weighted by Gasteiger charge is -2.08. The number of carbonyl (C=O) groups excluding carboxylic acids is 1. The van der Waals surface area contributed by atoms with E-state index in [1.807, 2.05) is 0 Å². The van der Waals surface area contributed by atoms with Crippen LogP contribution in [0.25, 0.3) is 5.65 Å². The van der Waals surface area contributed by atoms with Gasteiger partial charge in [-0.2, -0.15) is 17.7 Å². The van der Waals surface area contributed by atoms with Crippen LogP contribution in [0, 0.1) is 0 Å². The number of halogens is 4. The maximum Gasteiger partial charge on any atom is 0.453 e. The van der Waals surface area contributed by atoms with Crippen LogP contribution in [0.3, 0.4) is 0 Å². The molecule has 0 fully saturated rings. The molecule has 10 heteroatoms. The summed E-state index contributed by atoms with van der Waals surface area (Å²) in [6.45, 7) is 1.38. The van der Waals surface area contributed by atoms with Gasteiger partial charge in [-0.25, -0.2) is 0 Å². The lowest BCUT2D eigenvalue weighted by molar-refractivity contribution is -0.146. The van der Waals surface area contributed by atoms with Crippen molar-refractivity contribution in [3.05, 3.63) is 46.7 Å². The topological polar surface area (TPSA) is 69.4 Å². The van der Waals surface area contributed by atoms with Gasteiger partial charge in [0.25, 0.3) is 5.82 Å². The van der Waals surface area contributed by atoms with Gasteiger partial charge >= 0.3 is 6.18 Å². The summed E-state index contributed by atoms with van der Waals surface area (Å²) in [5, 5.41) is 10.3. The van der Waals surface area contributed by atoms with Crippen molar-refractivity contribution < 1.29 is 22.7 Å². The van der Waals surface area contributed by atoms with Crippen molar-refractivity contribution in [3.8, 4) is 11.6 Å². The molecule has 0 amide bonds. The number of carbonyl (C=O) groups is 1. The first-order valence-corrected chi connectivity index (χ1v) is 6.91. The van der Waals surface area contributed by atoms with Gasteiger partial charge in [0.1, 0.15) is 5.75 Å². The Labute approximate surface area is 137 Å². The van der Waals surface area contributed by atoms with Crippen molar-refractivity contribution in [1.29, 1.82) is 0 Å². The van der Waals surface area contributed by atoms with E-state index in [1.54, 1.807) is 0 Å². The fourth-order valence-corrected chi connectivity index (χ4v) is 2.14. The van der Waals surface area contributed by atoms with Crippen LogP contribution in [0.5, 0.6) is 11.6 Å². The quantitative estimate of drug-likeness (QED) is 0.668. The third-order valence-corrected chi connectivity index (χ3v) is 3.34. The summed E-state index contributed by atoms with van der Waals surface area (Å²) < 4.78 is 44.4. The number of benzene rings is 1. The molecular formula is C14H8ClF3N4O2. The number of nitrogens with zero attached hydrogens (tertiary/aromatic N) is 4. The molecule has 0 saturated carbocycles. The molecule has 0 saturated heterocycles. The van der Waals surface area contributed by atoms with Crippen molar-refractivity contribution >= 4 is 23.0 Å². The van der Waals surface area contributed by atoms with Gasteiger partial charge in [-0.1, -0.05) is 11.6 Å². The number of Topliss-reactive ketones (excluding diaryl/α,β-unsaturated/α-hetero) is 1. The minimum atomic E-state index is -4.70. The number of fused-ring (bicyclic) bond motifs is 1. The van der Waals surface area contributed by atoms with Crippen molar-refractivity contribution in [2.45, 2.75) is 13.1 Å². The maximum atomic E-state index is 12.8. The first-order valence-electron chi connectivity index (χ1n) is 6.54. The van der Waals surface area contributed by atoms with E-state index >= 15 is 0 Å². The fourth-order valence-electron chi connectivity index (χ4n) is 1.92. The average Bonchev–Trinajstić information content (AvgIpc) is 2.92. The Morgan fingerprint density at radius 1 is 1.21 bits per heavy atom. The SMILES string of the molecule is CC(=O)c1ccc(Oc2ccc3nnc(C(F)(F)F)n3n2)c(Cl)c1. The van der Waals surface area contributed by atoms with Crippen LogP contribution in [0.2, 0.25) is 5.02 Å². The zero-order valence-electron chi connectivity index (χ0n) is 12.0. The Kier molecular flexibility index (Phi) is 3.88. The van der Waals surface area contributed by atoms with E-state index < -0.39 is 12.0 Å². The smallest absolute Gasteiger partial charge is 0.436 e. The summed E-state index contributed by atoms with van der Waals surface area (Å²) in [6.07, 6.45) is -4.70. The third-order valence-electron chi connectivity index (χ3n) is 3.04. The first kappa shape index (κ1) is 16.2. The minimum Gasteiger partial charge on any atom is -0.436 e. The Balaban J connectivity index is 1.97. The van der Waals surface area contributed by atoms with E-state index in [9.17, 15) is 18.0 Å². The molecule has 1 aromatic carbocycles. The number of rotatable bonds is 3. The summed E-state index contributed by atoms with van der Waals surface area (Å²) in [5.74, 6) is -1.43. The fraction of sp³-hybridized carbons (Fsp3) is 0.143. The van der Waals surface area contributed by atoms with Crippen molar-refractivity contribution in [1.82, 2.24) is 19.8 Å². The van der Waals surface area contributed by atoms with Crippen LogP contribution in [0.15, 0.2) is 30.3 Å². The van der Waals surface area contributed by atoms with Crippen molar-refractivity contribution in [3.63, 3.8) is 0 Å². The first-order chi connectivity index (χ1) is 11.3. The normalized spacial score (nSPS) is 11.7. The molecule has 0 aliphatic heterocycles. The van der Waals surface area contributed by atoms with E-state index in [0.29, 0.717) is 10.1 Å². The number of ketones is 1. The largest absolute Gasteiger partial charge is 0.453 e. The molecule has 0 aliphatic carbocycles. The molecule has 24 heavy (non-hydrogen) atoms. The Morgan fingerprint density at radius 2 is 1.96 bits per heavy atom. The number of hydrogen-bond acceptors (Lipinski definition) is 5. The van der Waals surface area contributed by atoms with Gasteiger partial charge in [0.05, 0.1) is 5.02 Å². The van der Waals surface area contributed by atoms with Crippen LogP contribution >= 0.6 is 11.6 Å². The van der Waals surface area contributed by atoms with Crippen LogP contribution in [-0.4, -0.2) is 25.6 Å². The second-order valence-corrected chi connectivity index (χ2v) is 5.17. The highest BCUT2D eigenvalue weighted by molar-refractivity contribution is 6.32. The Hall–Kier alpha value is -2.68. The molecule has 0 aliphatic rings. The summed E-state index contributed by atoms with van der Waals surface area (Å²) in [7, 11) is 0. The number of ether oxygens (including phenoxy) is 1. The van der Waals surface area contributed by atoms with Gasteiger partial charge < -0.3 is 4.74 Å². The Morgan fingerprint density at radius 3 is 2.58 bits per heavy atom. The molecule has 3 aromatic rings. The highest BCUT2D eigenvalue weighted by atomic mass is 35.5. The standard InChI is InChI=1S/C14H8ClF3N4O2/c1-7(23)8-2-3-10(9(15)6-8)24-12-5-4-11-19-20-13(14(16,17)18)22(11)21-12/h2-6H,1H3. The van der Waals surface area contributed by atoms with Gasteiger partial charge in [-0.15, -0.1) is 15.3 Å².